The van der Waals surface area contributed by atoms with Crippen LogP contribution in [0.5, 0.6) is 0 Å². The van der Waals surface area contributed by atoms with Crippen LogP contribution in [0.4, 0.5) is 0 Å². The van der Waals surface area contributed by atoms with Crippen molar-refractivity contribution in [2.24, 2.45) is 0 Å². The zero-order valence-electron chi connectivity index (χ0n) is 10.8. The lowest BCUT2D eigenvalue weighted by atomic mass is 9.94. The van der Waals surface area contributed by atoms with E-state index >= 15 is 0 Å². The van der Waals surface area contributed by atoms with Gasteiger partial charge in [-0.05, 0) is 25.8 Å². The van der Waals surface area contributed by atoms with Gasteiger partial charge in [0.1, 0.15) is 0 Å². The highest BCUT2D eigenvalue weighted by Gasteiger charge is 2.27. The minimum atomic E-state index is -0.443. The molecule has 0 spiro atoms. The molecule has 1 saturated heterocycles. The molecule has 1 aromatic rings. The highest BCUT2D eigenvalue weighted by Crippen LogP contribution is 2.20. The average molecular weight is 253 g/mol. The maximum Gasteiger partial charge on any atom is 0.374 e. The topological polar surface area (TPSA) is 60.7 Å². The van der Waals surface area contributed by atoms with Crippen LogP contribution in [0.2, 0.25) is 0 Å². The SMILES string of the molecule is COC(=O)c1occc1CNC1(C)CCCOC1. The number of hydrogen-bond donors (Lipinski definition) is 1. The molecule has 0 radical (unpaired) electrons. The van der Waals surface area contributed by atoms with Crippen LogP contribution in [0.3, 0.4) is 0 Å². The summed E-state index contributed by atoms with van der Waals surface area (Å²) in [6.45, 7) is 4.22. The van der Waals surface area contributed by atoms with Crippen LogP contribution in [0, 0.1) is 0 Å². The summed E-state index contributed by atoms with van der Waals surface area (Å²) >= 11 is 0. The molecule has 0 saturated carbocycles. The second kappa shape index (κ2) is 5.54. The predicted octanol–water partition coefficient (Wildman–Crippen LogP) is 1.72. The third-order valence-corrected chi connectivity index (χ3v) is 3.26. The Bertz CT molecular complexity index is 407. The van der Waals surface area contributed by atoms with Gasteiger partial charge in [0.2, 0.25) is 5.76 Å². The number of rotatable bonds is 4. The minimum Gasteiger partial charge on any atom is -0.463 e. The summed E-state index contributed by atoms with van der Waals surface area (Å²) in [6.07, 6.45) is 3.63. The van der Waals surface area contributed by atoms with Gasteiger partial charge < -0.3 is 19.2 Å². The fraction of sp³-hybridized carbons (Fsp3) is 0.615. The van der Waals surface area contributed by atoms with Crippen LogP contribution < -0.4 is 5.32 Å². The van der Waals surface area contributed by atoms with Crippen LogP contribution in [0.25, 0.3) is 0 Å². The Morgan fingerprint density at radius 2 is 2.44 bits per heavy atom. The van der Waals surface area contributed by atoms with E-state index in [2.05, 4.69) is 17.0 Å². The van der Waals surface area contributed by atoms with Gasteiger partial charge in [-0.25, -0.2) is 4.79 Å². The van der Waals surface area contributed by atoms with Crippen LogP contribution in [-0.4, -0.2) is 31.8 Å². The van der Waals surface area contributed by atoms with Crippen molar-refractivity contribution in [3.63, 3.8) is 0 Å². The van der Waals surface area contributed by atoms with E-state index in [1.807, 2.05) is 0 Å². The zero-order valence-corrected chi connectivity index (χ0v) is 10.8. The molecule has 18 heavy (non-hydrogen) atoms. The van der Waals surface area contributed by atoms with E-state index in [0.717, 1.165) is 25.0 Å². The van der Waals surface area contributed by atoms with Crippen molar-refractivity contribution in [3.8, 4) is 0 Å². The molecule has 1 fully saturated rings. The summed E-state index contributed by atoms with van der Waals surface area (Å²) in [4.78, 5) is 11.5. The van der Waals surface area contributed by atoms with Gasteiger partial charge >= 0.3 is 5.97 Å². The maximum absolute atomic E-state index is 11.5. The second-order valence-corrected chi connectivity index (χ2v) is 4.84. The molecule has 1 N–H and O–H groups in total. The highest BCUT2D eigenvalue weighted by molar-refractivity contribution is 5.87. The number of nitrogens with one attached hydrogen (secondary N) is 1. The maximum atomic E-state index is 11.5. The van der Waals surface area contributed by atoms with Gasteiger partial charge in [-0.3, -0.25) is 0 Å². The summed E-state index contributed by atoms with van der Waals surface area (Å²) in [5.41, 5.74) is 0.775. The average Bonchev–Trinajstić information content (AvgIpc) is 2.85. The third kappa shape index (κ3) is 2.91. The lowest BCUT2D eigenvalue weighted by molar-refractivity contribution is 0.0276. The van der Waals surface area contributed by atoms with Crippen LogP contribution in [0.1, 0.15) is 35.9 Å². The lowest BCUT2D eigenvalue weighted by Crippen LogP contribution is -2.48. The number of esters is 1. The predicted molar refractivity (Wildman–Crippen MR) is 65.3 cm³/mol. The van der Waals surface area contributed by atoms with Crippen LogP contribution in [0.15, 0.2) is 16.7 Å². The minimum absolute atomic E-state index is 0.0388. The number of furan rings is 1. The van der Waals surface area contributed by atoms with Gasteiger partial charge in [-0.2, -0.15) is 0 Å². The molecule has 0 bridgehead atoms. The molecule has 0 amide bonds. The van der Waals surface area contributed by atoms with E-state index in [0.29, 0.717) is 13.2 Å². The molecule has 1 unspecified atom stereocenters. The van der Waals surface area contributed by atoms with Crippen LogP contribution >= 0.6 is 0 Å². The Hall–Kier alpha value is -1.33. The monoisotopic (exact) mass is 253 g/mol. The number of ether oxygens (including phenoxy) is 2. The van der Waals surface area contributed by atoms with E-state index in [1.165, 1.54) is 13.4 Å². The van der Waals surface area contributed by atoms with Gasteiger partial charge in [-0.1, -0.05) is 0 Å². The van der Waals surface area contributed by atoms with Gasteiger partial charge in [0.05, 0.1) is 20.0 Å². The quantitative estimate of drug-likeness (QED) is 0.828. The molecule has 1 aromatic heterocycles. The smallest absolute Gasteiger partial charge is 0.374 e. The first-order valence-corrected chi connectivity index (χ1v) is 6.12. The Labute approximate surface area is 106 Å². The molecule has 1 aliphatic heterocycles. The van der Waals surface area contributed by atoms with E-state index in [4.69, 9.17) is 9.15 Å². The van der Waals surface area contributed by atoms with Crippen molar-refractivity contribution in [2.75, 3.05) is 20.3 Å². The summed E-state index contributed by atoms with van der Waals surface area (Å²) < 4.78 is 15.3. The molecule has 2 heterocycles. The molecule has 1 aliphatic rings. The van der Waals surface area contributed by atoms with E-state index in [-0.39, 0.29) is 11.3 Å². The summed E-state index contributed by atoms with van der Waals surface area (Å²) in [6, 6.07) is 1.78. The first kappa shape index (κ1) is 13.1. The lowest BCUT2D eigenvalue weighted by Gasteiger charge is -2.34. The molecule has 0 aliphatic carbocycles. The fourth-order valence-electron chi connectivity index (χ4n) is 2.13. The number of hydrogen-bond acceptors (Lipinski definition) is 5. The molecule has 5 heteroatoms. The van der Waals surface area contributed by atoms with Crippen molar-refractivity contribution in [2.45, 2.75) is 31.8 Å². The van der Waals surface area contributed by atoms with Crippen molar-refractivity contribution < 1.29 is 18.7 Å². The standard InChI is InChI=1S/C13H19NO4/c1-13(5-3-6-17-9-13)14-8-10-4-7-18-11(10)12(15)16-2/h4,7,14H,3,5-6,8-9H2,1-2H3. The van der Waals surface area contributed by atoms with Gasteiger partial charge in [0, 0.05) is 24.3 Å². The summed E-state index contributed by atoms with van der Waals surface area (Å²) in [7, 11) is 1.35. The molecule has 1 atom stereocenters. The molecule has 5 nitrogen and oxygen atoms in total. The third-order valence-electron chi connectivity index (χ3n) is 3.26. The molecular weight excluding hydrogens is 234 g/mol. The Kier molecular flexibility index (Phi) is 4.04. The Morgan fingerprint density at radius 3 is 3.11 bits per heavy atom. The molecule has 2 rings (SSSR count). The van der Waals surface area contributed by atoms with Crippen molar-refractivity contribution in [1.82, 2.24) is 5.32 Å². The van der Waals surface area contributed by atoms with E-state index < -0.39 is 5.97 Å². The number of carbonyl (C=O) groups is 1. The van der Waals surface area contributed by atoms with Gasteiger partial charge in [0.15, 0.2) is 0 Å². The van der Waals surface area contributed by atoms with Gasteiger partial charge in [0.25, 0.3) is 0 Å². The first-order chi connectivity index (χ1) is 8.64. The molecule has 100 valence electrons. The fourth-order valence-corrected chi connectivity index (χ4v) is 2.13. The highest BCUT2D eigenvalue weighted by atomic mass is 16.5. The van der Waals surface area contributed by atoms with Crippen molar-refractivity contribution in [3.05, 3.63) is 23.7 Å². The summed E-state index contributed by atoms with van der Waals surface area (Å²) in [5.74, 6) is -0.174. The van der Waals surface area contributed by atoms with Crippen LogP contribution in [-0.2, 0) is 16.0 Å². The first-order valence-electron chi connectivity index (χ1n) is 6.12. The van der Waals surface area contributed by atoms with E-state index in [1.54, 1.807) is 6.07 Å². The van der Waals surface area contributed by atoms with Crippen molar-refractivity contribution in [1.29, 1.82) is 0 Å². The number of carbonyl (C=O) groups excluding carboxylic acids is 1. The number of methoxy groups -OCH3 is 1. The Morgan fingerprint density at radius 1 is 1.61 bits per heavy atom. The van der Waals surface area contributed by atoms with E-state index in [9.17, 15) is 4.79 Å². The molecule has 0 aromatic carbocycles. The Balaban J connectivity index is 1.97. The molecular formula is C13H19NO4. The second-order valence-electron chi connectivity index (χ2n) is 4.84. The largest absolute Gasteiger partial charge is 0.463 e. The van der Waals surface area contributed by atoms with Gasteiger partial charge in [-0.15, -0.1) is 0 Å². The van der Waals surface area contributed by atoms with Crippen molar-refractivity contribution >= 4 is 5.97 Å². The summed E-state index contributed by atoms with van der Waals surface area (Å²) in [5, 5.41) is 3.43. The normalized spacial score (nSPS) is 23.9. The zero-order chi connectivity index (χ0) is 13.0.